The van der Waals surface area contributed by atoms with E-state index in [4.69, 9.17) is 6.42 Å². The Balaban J connectivity index is 3.14. The molecule has 1 unspecified atom stereocenters. The van der Waals surface area contributed by atoms with Crippen molar-refractivity contribution in [3.63, 3.8) is 0 Å². The van der Waals surface area contributed by atoms with Crippen LogP contribution in [0.2, 0.25) is 0 Å². The van der Waals surface area contributed by atoms with Crippen LogP contribution in [0.4, 0.5) is 0 Å². The molecule has 0 saturated carbocycles. The highest BCUT2D eigenvalue weighted by atomic mass is 32.2. The lowest BCUT2D eigenvalue weighted by Crippen LogP contribution is -2.32. The van der Waals surface area contributed by atoms with E-state index < -0.39 is 22.0 Å². The molecule has 0 aliphatic heterocycles. The van der Waals surface area contributed by atoms with Crippen molar-refractivity contribution in [1.82, 2.24) is 4.72 Å². The largest absolute Gasteiger partial charge is 0.507 e. The molecule has 0 fully saturated rings. The first-order chi connectivity index (χ1) is 9.31. The van der Waals surface area contributed by atoms with Gasteiger partial charge in [0.15, 0.2) is 0 Å². The lowest BCUT2D eigenvalue weighted by molar-refractivity contribution is 0.0597. The SMILES string of the molecule is C#CCC(C)NS(=O)(=O)c1ccc(O)c(C(=O)OC)c1. The maximum absolute atomic E-state index is 12.1. The number of sulfonamides is 1. The quantitative estimate of drug-likeness (QED) is 0.621. The Morgan fingerprint density at radius 1 is 1.55 bits per heavy atom. The summed E-state index contributed by atoms with van der Waals surface area (Å²) in [7, 11) is -2.69. The second-order valence-electron chi connectivity index (χ2n) is 4.10. The molecule has 2 N–H and O–H groups in total. The van der Waals surface area contributed by atoms with E-state index in [0.717, 1.165) is 19.2 Å². The average molecular weight is 297 g/mol. The molecular weight excluding hydrogens is 282 g/mol. The van der Waals surface area contributed by atoms with E-state index >= 15 is 0 Å². The highest BCUT2D eigenvalue weighted by molar-refractivity contribution is 7.89. The Hall–Kier alpha value is -2.04. The van der Waals surface area contributed by atoms with Gasteiger partial charge in [-0.05, 0) is 25.1 Å². The third-order valence-electron chi connectivity index (χ3n) is 2.46. The van der Waals surface area contributed by atoms with Crippen molar-refractivity contribution in [2.75, 3.05) is 7.11 Å². The van der Waals surface area contributed by atoms with Crippen LogP contribution < -0.4 is 4.72 Å². The van der Waals surface area contributed by atoms with E-state index in [2.05, 4.69) is 15.4 Å². The Labute approximate surface area is 117 Å². The van der Waals surface area contributed by atoms with Crippen LogP contribution in [-0.4, -0.2) is 32.6 Å². The molecule has 1 atom stereocenters. The van der Waals surface area contributed by atoms with Crippen LogP contribution in [0.15, 0.2) is 23.1 Å². The van der Waals surface area contributed by atoms with Crippen LogP contribution in [0.25, 0.3) is 0 Å². The minimum Gasteiger partial charge on any atom is -0.507 e. The number of ether oxygens (including phenoxy) is 1. The molecular formula is C13H15NO5S. The summed E-state index contributed by atoms with van der Waals surface area (Å²) in [6, 6.07) is 2.91. The molecule has 0 radical (unpaired) electrons. The molecule has 1 aromatic rings. The molecule has 1 rings (SSSR count). The second kappa shape index (κ2) is 6.41. The summed E-state index contributed by atoms with van der Waals surface area (Å²) < 4.78 is 31.0. The molecule has 0 aliphatic carbocycles. The Morgan fingerprint density at radius 2 is 2.20 bits per heavy atom. The van der Waals surface area contributed by atoms with Gasteiger partial charge in [0.1, 0.15) is 11.3 Å². The minimum atomic E-state index is -3.83. The number of phenols is 1. The molecule has 0 bridgehead atoms. The van der Waals surface area contributed by atoms with Crippen molar-refractivity contribution in [2.45, 2.75) is 24.3 Å². The molecule has 7 heteroatoms. The smallest absolute Gasteiger partial charge is 0.341 e. The van der Waals surface area contributed by atoms with Crippen molar-refractivity contribution in [1.29, 1.82) is 0 Å². The maximum atomic E-state index is 12.1. The fourth-order valence-corrected chi connectivity index (χ4v) is 2.78. The molecule has 0 saturated heterocycles. The summed E-state index contributed by atoms with van der Waals surface area (Å²) in [5.74, 6) is 1.17. The van der Waals surface area contributed by atoms with Gasteiger partial charge in [-0.15, -0.1) is 12.3 Å². The van der Waals surface area contributed by atoms with Crippen LogP contribution in [0.1, 0.15) is 23.7 Å². The normalized spacial score (nSPS) is 12.4. The lowest BCUT2D eigenvalue weighted by atomic mass is 10.2. The number of phenolic OH excluding ortho intramolecular Hbond substituents is 1. The number of esters is 1. The third kappa shape index (κ3) is 3.73. The minimum absolute atomic E-state index is 0.153. The van der Waals surface area contributed by atoms with E-state index in [1.54, 1.807) is 6.92 Å². The van der Waals surface area contributed by atoms with Crippen LogP contribution in [-0.2, 0) is 14.8 Å². The summed E-state index contributed by atoms with van der Waals surface area (Å²) >= 11 is 0. The first-order valence-electron chi connectivity index (χ1n) is 5.69. The molecule has 0 spiro atoms. The van der Waals surface area contributed by atoms with E-state index in [-0.39, 0.29) is 22.6 Å². The number of carbonyl (C=O) groups is 1. The molecule has 6 nitrogen and oxygen atoms in total. The zero-order chi connectivity index (χ0) is 15.3. The van der Waals surface area contributed by atoms with Gasteiger partial charge < -0.3 is 9.84 Å². The molecule has 20 heavy (non-hydrogen) atoms. The third-order valence-corrected chi connectivity index (χ3v) is 4.05. The van der Waals surface area contributed by atoms with Crippen molar-refractivity contribution < 1.29 is 23.1 Å². The van der Waals surface area contributed by atoms with Crippen molar-refractivity contribution in [3.8, 4) is 18.1 Å². The fourth-order valence-electron chi connectivity index (χ4n) is 1.51. The maximum Gasteiger partial charge on any atom is 0.341 e. The van der Waals surface area contributed by atoms with Crippen molar-refractivity contribution in [3.05, 3.63) is 23.8 Å². The highest BCUT2D eigenvalue weighted by Crippen LogP contribution is 2.22. The molecule has 0 amide bonds. The second-order valence-corrected chi connectivity index (χ2v) is 5.82. The number of aromatic hydroxyl groups is 1. The van der Waals surface area contributed by atoms with Crippen LogP contribution >= 0.6 is 0 Å². The first-order valence-corrected chi connectivity index (χ1v) is 7.17. The van der Waals surface area contributed by atoms with Crippen LogP contribution in [0.5, 0.6) is 5.75 Å². The predicted octanol–water partition coefficient (Wildman–Crippen LogP) is 0.869. The predicted molar refractivity (Wildman–Crippen MR) is 72.7 cm³/mol. The van der Waals surface area contributed by atoms with Gasteiger partial charge >= 0.3 is 5.97 Å². The van der Waals surface area contributed by atoms with E-state index in [1.165, 1.54) is 6.07 Å². The van der Waals surface area contributed by atoms with Gasteiger partial charge in [-0.2, -0.15) is 0 Å². The molecule has 1 aromatic carbocycles. The van der Waals surface area contributed by atoms with Gasteiger partial charge in [0, 0.05) is 12.5 Å². The Morgan fingerprint density at radius 3 is 2.75 bits per heavy atom. The Kier molecular flexibility index (Phi) is 5.13. The van der Waals surface area contributed by atoms with Gasteiger partial charge in [-0.3, -0.25) is 0 Å². The number of benzene rings is 1. The highest BCUT2D eigenvalue weighted by Gasteiger charge is 2.21. The number of nitrogens with one attached hydrogen (secondary N) is 1. The van der Waals surface area contributed by atoms with Gasteiger partial charge in [0.25, 0.3) is 0 Å². The van der Waals surface area contributed by atoms with Gasteiger partial charge in [-0.1, -0.05) is 0 Å². The van der Waals surface area contributed by atoms with Gasteiger partial charge in [0.2, 0.25) is 10.0 Å². The topological polar surface area (TPSA) is 92.7 Å². The van der Waals surface area contributed by atoms with E-state index in [0.29, 0.717) is 0 Å². The number of terminal acetylenes is 1. The van der Waals surface area contributed by atoms with Gasteiger partial charge in [0.05, 0.1) is 12.0 Å². The van der Waals surface area contributed by atoms with Crippen molar-refractivity contribution in [2.24, 2.45) is 0 Å². The summed E-state index contributed by atoms with van der Waals surface area (Å²) in [6.45, 7) is 1.62. The number of carbonyl (C=O) groups excluding carboxylic acids is 1. The number of hydrogen-bond donors (Lipinski definition) is 2. The first kappa shape index (κ1) is 16.0. The van der Waals surface area contributed by atoms with Gasteiger partial charge in [-0.25, -0.2) is 17.9 Å². The summed E-state index contributed by atoms with van der Waals surface area (Å²) in [5.41, 5.74) is -0.222. The van der Waals surface area contributed by atoms with Crippen molar-refractivity contribution >= 4 is 16.0 Å². The van der Waals surface area contributed by atoms with E-state index in [9.17, 15) is 18.3 Å². The van der Waals surface area contributed by atoms with Crippen LogP contribution in [0.3, 0.4) is 0 Å². The zero-order valence-electron chi connectivity index (χ0n) is 11.1. The summed E-state index contributed by atoms with van der Waals surface area (Å²) in [5, 5.41) is 9.53. The standard InChI is InChI=1S/C13H15NO5S/c1-4-5-9(2)14-20(17,18)10-6-7-12(15)11(8-10)13(16)19-3/h1,6-9,14-15H,5H2,2-3H3. The number of hydrogen-bond acceptors (Lipinski definition) is 5. The monoisotopic (exact) mass is 297 g/mol. The summed E-state index contributed by atoms with van der Waals surface area (Å²) in [6.07, 6.45) is 5.35. The Bertz CT molecular complexity index is 645. The molecule has 0 aliphatic rings. The number of rotatable bonds is 5. The lowest BCUT2D eigenvalue weighted by Gasteiger charge is -2.12. The molecule has 0 aromatic heterocycles. The fraction of sp³-hybridized carbons (Fsp3) is 0.308. The number of methoxy groups -OCH3 is 1. The van der Waals surface area contributed by atoms with Crippen LogP contribution in [0, 0.1) is 12.3 Å². The van der Waals surface area contributed by atoms with E-state index in [1.807, 2.05) is 0 Å². The molecule has 0 heterocycles. The zero-order valence-corrected chi connectivity index (χ0v) is 11.9. The summed E-state index contributed by atoms with van der Waals surface area (Å²) in [4.78, 5) is 11.3. The average Bonchev–Trinajstić information content (AvgIpc) is 2.37. The molecule has 108 valence electrons.